The number of rotatable bonds is 7. The number of aryl methyl sites for hydroxylation is 1. The Bertz CT molecular complexity index is 1080. The molecule has 0 saturated carbocycles. The summed E-state index contributed by atoms with van der Waals surface area (Å²) in [5.74, 6) is 2.30. The Labute approximate surface area is 166 Å². The lowest BCUT2D eigenvalue weighted by molar-refractivity contribution is 0.534. The first-order chi connectivity index (χ1) is 13.7. The van der Waals surface area contributed by atoms with E-state index in [-0.39, 0.29) is 5.25 Å². The van der Waals surface area contributed by atoms with Gasteiger partial charge in [-0.15, -0.1) is 21.9 Å². The number of nitrogens with zero attached hydrogens (tertiary/aromatic N) is 7. The quantitative estimate of drug-likeness (QED) is 0.348. The number of hydrogen-bond donors (Lipinski definition) is 0. The molecule has 0 aliphatic carbocycles. The summed E-state index contributed by atoms with van der Waals surface area (Å²) in [5, 5.41) is 21.7. The van der Waals surface area contributed by atoms with Crippen molar-refractivity contribution in [2.75, 3.05) is 0 Å². The number of thioether (sulfide) groups is 1. The summed E-state index contributed by atoms with van der Waals surface area (Å²) in [4.78, 5) is 0. The summed E-state index contributed by atoms with van der Waals surface area (Å²) in [6, 6.07) is 11.7. The van der Waals surface area contributed by atoms with Crippen LogP contribution in [-0.2, 0) is 6.54 Å². The van der Waals surface area contributed by atoms with Crippen LogP contribution in [0.4, 0.5) is 0 Å². The van der Waals surface area contributed by atoms with Gasteiger partial charge in [0.05, 0.1) is 22.8 Å². The number of hydrogen-bond acceptors (Lipinski definition) is 7. The molecule has 3 heterocycles. The fourth-order valence-corrected chi connectivity index (χ4v) is 3.84. The highest BCUT2D eigenvalue weighted by molar-refractivity contribution is 7.99. The molecule has 0 aliphatic heterocycles. The average Bonchev–Trinajstić information content (AvgIpc) is 3.43. The van der Waals surface area contributed by atoms with Crippen LogP contribution in [0.25, 0.3) is 17.1 Å². The SMILES string of the molecule is C=CCn1c(S[C@@H](C)c2nnnn2-c2ccccc2)nnc1-c1ccoc1C. The molecule has 1 atom stereocenters. The monoisotopic (exact) mass is 393 g/mol. The van der Waals surface area contributed by atoms with Gasteiger partial charge in [-0.1, -0.05) is 36.0 Å². The van der Waals surface area contributed by atoms with Crippen molar-refractivity contribution in [1.82, 2.24) is 35.0 Å². The predicted octanol–water partition coefficient (Wildman–Crippen LogP) is 3.86. The molecule has 3 aromatic heterocycles. The molecule has 1 aromatic carbocycles. The van der Waals surface area contributed by atoms with E-state index < -0.39 is 0 Å². The van der Waals surface area contributed by atoms with Crippen molar-refractivity contribution in [3.63, 3.8) is 0 Å². The third-order valence-electron chi connectivity index (χ3n) is 4.27. The van der Waals surface area contributed by atoms with E-state index in [9.17, 15) is 0 Å². The molecule has 4 aromatic rings. The van der Waals surface area contributed by atoms with Crippen LogP contribution >= 0.6 is 11.8 Å². The third-order valence-corrected chi connectivity index (χ3v) is 5.35. The van der Waals surface area contributed by atoms with Gasteiger partial charge in [-0.25, -0.2) is 0 Å². The van der Waals surface area contributed by atoms with Crippen LogP contribution in [0.2, 0.25) is 0 Å². The molecule has 0 N–H and O–H groups in total. The third kappa shape index (κ3) is 3.36. The van der Waals surface area contributed by atoms with Crippen LogP contribution in [0.15, 0.2) is 64.9 Å². The van der Waals surface area contributed by atoms with Crippen molar-refractivity contribution in [2.24, 2.45) is 0 Å². The van der Waals surface area contributed by atoms with Gasteiger partial charge in [0, 0.05) is 6.54 Å². The zero-order chi connectivity index (χ0) is 19.5. The van der Waals surface area contributed by atoms with Crippen molar-refractivity contribution >= 4 is 11.8 Å². The Kier molecular flexibility index (Phi) is 5.07. The standard InChI is InChI=1S/C19H19N7OS/c1-4-11-25-18(16-10-12-27-13(16)2)20-22-19(25)28-14(3)17-21-23-24-26(17)15-8-6-5-7-9-15/h4-10,12,14H,1,11H2,2-3H3/t14-/m0/s1. The maximum absolute atomic E-state index is 5.42. The van der Waals surface area contributed by atoms with Crippen LogP contribution in [-0.4, -0.2) is 35.0 Å². The maximum atomic E-state index is 5.42. The molecule has 0 bridgehead atoms. The van der Waals surface area contributed by atoms with Gasteiger partial charge in [0.25, 0.3) is 0 Å². The van der Waals surface area contributed by atoms with Crippen LogP contribution in [0.5, 0.6) is 0 Å². The summed E-state index contributed by atoms with van der Waals surface area (Å²) < 4.78 is 9.18. The lowest BCUT2D eigenvalue weighted by atomic mass is 10.2. The van der Waals surface area contributed by atoms with Crippen molar-refractivity contribution in [3.8, 4) is 17.1 Å². The van der Waals surface area contributed by atoms with E-state index in [0.717, 1.165) is 33.8 Å². The fraction of sp³-hybridized carbons (Fsp3) is 0.211. The highest BCUT2D eigenvalue weighted by Crippen LogP contribution is 2.35. The van der Waals surface area contributed by atoms with E-state index in [1.54, 1.807) is 22.7 Å². The highest BCUT2D eigenvalue weighted by Gasteiger charge is 2.22. The molecule has 0 aliphatic rings. The molecular formula is C19H19N7OS. The van der Waals surface area contributed by atoms with Crippen molar-refractivity contribution in [2.45, 2.75) is 30.8 Å². The van der Waals surface area contributed by atoms with Crippen molar-refractivity contribution < 1.29 is 4.42 Å². The summed E-state index contributed by atoms with van der Waals surface area (Å²) >= 11 is 1.55. The lowest BCUT2D eigenvalue weighted by Gasteiger charge is -2.12. The van der Waals surface area contributed by atoms with E-state index in [4.69, 9.17) is 4.42 Å². The molecule has 28 heavy (non-hydrogen) atoms. The molecule has 0 fully saturated rings. The van der Waals surface area contributed by atoms with Gasteiger partial charge < -0.3 is 4.42 Å². The average molecular weight is 393 g/mol. The summed E-state index contributed by atoms with van der Waals surface area (Å²) in [6.07, 6.45) is 3.48. The molecule has 0 unspecified atom stereocenters. The minimum absolute atomic E-state index is 0.0405. The number of tetrazole rings is 1. The second-order valence-corrected chi connectivity index (χ2v) is 7.45. The fourth-order valence-electron chi connectivity index (χ4n) is 2.90. The molecule has 0 radical (unpaired) electrons. The minimum atomic E-state index is -0.0405. The molecule has 4 rings (SSSR count). The first-order valence-corrected chi connectivity index (χ1v) is 9.66. The van der Waals surface area contributed by atoms with Crippen LogP contribution in [0.1, 0.15) is 23.8 Å². The van der Waals surface area contributed by atoms with E-state index >= 15 is 0 Å². The predicted molar refractivity (Wildman–Crippen MR) is 106 cm³/mol. The van der Waals surface area contributed by atoms with Gasteiger partial charge in [0.2, 0.25) is 0 Å². The van der Waals surface area contributed by atoms with Gasteiger partial charge in [-0.05, 0) is 42.5 Å². The van der Waals surface area contributed by atoms with Gasteiger partial charge in [-0.3, -0.25) is 4.57 Å². The van der Waals surface area contributed by atoms with Crippen LogP contribution < -0.4 is 0 Å². The summed E-state index contributed by atoms with van der Waals surface area (Å²) in [6.45, 7) is 8.40. The first-order valence-electron chi connectivity index (χ1n) is 8.78. The Balaban J connectivity index is 1.65. The summed E-state index contributed by atoms with van der Waals surface area (Å²) in [7, 11) is 0. The molecule has 8 nitrogen and oxygen atoms in total. The van der Waals surface area contributed by atoms with Gasteiger partial charge >= 0.3 is 0 Å². The summed E-state index contributed by atoms with van der Waals surface area (Å²) in [5.41, 5.74) is 1.83. The number of aromatic nitrogens is 7. The van der Waals surface area contributed by atoms with E-state index in [1.165, 1.54) is 0 Å². The lowest BCUT2D eigenvalue weighted by Crippen LogP contribution is -2.06. The molecule has 0 spiro atoms. The van der Waals surface area contributed by atoms with Crippen LogP contribution in [0.3, 0.4) is 0 Å². The van der Waals surface area contributed by atoms with E-state index in [2.05, 4.69) is 32.3 Å². The largest absolute Gasteiger partial charge is 0.469 e. The Hall–Kier alpha value is -3.20. The number of para-hydroxylation sites is 1. The minimum Gasteiger partial charge on any atom is -0.469 e. The Morgan fingerprint density at radius 2 is 2.00 bits per heavy atom. The zero-order valence-corrected chi connectivity index (χ0v) is 16.4. The molecule has 142 valence electrons. The number of benzene rings is 1. The second kappa shape index (κ2) is 7.81. The van der Waals surface area contributed by atoms with Gasteiger partial charge in [0.15, 0.2) is 16.8 Å². The molecular weight excluding hydrogens is 374 g/mol. The second-order valence-electron chi connectivity index (χ2n) is 6.14. The van der Waals surface area contributed by atoms with E-state index in [0.29, 0.717) is 6.54 Å². The maximum Gasteiger partial charge on any atom is 0.192 e. The van der Waals surface area contributed by atoms with Crippen molar-refractivity contribution in [3.05, 3.63) is 66.9 Å². The van der Waals surface area contributed by atoms with Gasteiger partial charge in [-0.2, -0.15) is 4.68 Å². The number of allylic oxidation sites excluding steroid dienone is 1. The van der Waals surface area contributed by atoms with Gasteiger partial charge in [0.1, 0.15) is 5.76 Å². The van der Waals surface area contributed by atoms with Crippen LogP contribution in [0, 0.1) is 6.92 Å². The molecule has 9 heteroatoms. The number of furan rings is 1. The topological polar surface area (TPSA) is 87.5 Å². The Morgan fingerprint density at radius 3 is 2.71 bits per heavy atom. The highest BCUT2D eigenvalue weighted by atomic mass is 32.2. The molecule has 0 amide bonds. The normalized spacial score (nSPS) is 12.2. The van der Waals surface area contributed by atoms with Crippen molar-refractivity contribution in [1.29, 1.82) is 0 Å². The first kappa shape index (κ1) is 18.2. The molecule has 0 saturated heterocycles. The Morgan fingerprint density at radius 1 is 1.18 bits per heavy atom. The smallest absolute Gasteiger partial charge is 0.192 e. The van der Waals surface area contributed by atoms with E-state index in [1.807, 2.05) is 60.9 Å². The zero-order valence-electron chi connectivity index (χ0n) is 15.6.